The standard InChI is InChI=1S/C39H66N8O15S/c1-18(2)13-25(35(57)41-21(7)39(61)62)45-34(56)24(11-12-63-8)43-33(55)23(9-10-29(48)49)42-36(58)27(15-20(5)6)46-38(60)28(17-31(52)53)47-37(59)26(14-19(3)4)44-32(54)22(40)16-30(50)51/h18-28H,9-17,40H2,1-8H3,(H,41,57)(H,42,58)(H,43,55)(H,44,54)(H,45,56)(H,46,60)(H,47,59)(H,48,49)(H,50,51)(H,52,53)(H,61,62)/t21-,22-,23-,24-,25-,26-,27-,28-/m0/s1. The fraction of sp³-hybridized carbons (Fsp3) is 0.718. The highest BCUT2D eigenvalue weighted by molar-refractivity contribution is 7.98. The van der Waals surface area contributed by atoms with Crippen molar-refractivity contribution >= 4 is 77.0 Å². The van der Waals surface area contributed by atoms with Crippen LogP contribution >= 0.6 is 11.8 Å². The molecular weight excluding hydrogens is 853 g/mol. The summed E-state index contributed by atoms with van der Waals surface area (Å²) in [6.45, 7) is 11.5. The van der Waals surface area contributed by atoms with E-state index in [4.69, 9.17) is 10.8 Å². The first-order valence-electron chi connectivity index (χ1n) is 20.4. The van der Waals surface area contributed by atoms with E-state index in [2.05, 4.69) is 37.2 Å². The Hall–Kier alpha value is -5.52. The quantitative estimate of drug-likeness (QED) is 0.0377. The van der Waals surface area contributed by atoms with Gasteiger partial charge in [0, 0.05) is 6.42 Å². The molecule has 0 spiro atoms. The largest absolute Gasteiger partial charge is 0.481 e. The first kappa shape index (κ1) is 57.5. The third-order valence-electron chi connectivity index (χ3n) is 9.02. The van der Waals surface area contributed by atoms with Crippen LogP contribution in [0.25, 0.3) is 0 Å². The van der Waals surface area contributed by atoms with Crippen LogP contribution in [-0.2, 0) is 52.7 Å². The van der Waals surface area contributed by atoms with Crippen molar-refractivity contribution in [2.75, 3.05) is 12.0 Å². The van der Waals surface area contributed by atoms with Gasteiger partial charge in [-0.2, -0.15) is 11.8 Å². The van der Waals surface area contributed by atoms with Crippen molar-refractivity contribution in [1.29, 1.82) is 0 Å². The van der Waals surface area contributed by atoms with E-state index in [-0.39, 0.29) is 43.4 Å². The molecule has 7 amide bonds. The Balaban J connectivity index is 6.55. The molecule has 0 radical (unpaired) electrons. The van der Waals surface area contributed by atoms with Crippen LogP contribution in [-0.4, -0.2) is 146 Å². The molecule has 0 saturated heterocycles. The highest BCUT2D eigenvalue weighted by Crippen LogP contribution is 2.12. The van der Waals surface area contributed by atoms with Crippen molar-refractivity contribution in [1.82, 2.24) is 37.2 Å². The summed E-state index contributed by atoms with van der Waals surface area (Å²) >= 11 is 1.32. The number of hydrogen-bond donors (Lipinski definition) is 12. The van der Waals surface area contributed by atoms with Crippen LogP contribution in [0.1, 0.15) is 99.8 Å². The molecule has 0 heterocycles. The van der Waals surface area contributed by atoms with Crippen molar-refractivity contribution in [2.24, 2.45) is 23.5 Å². The molecule has 0 aliphatic heterocycles. The van der Waals surface area contributed by atoms with Crippen LogP contribution in [0.5, 0.6) is 0 Å². The summed E-state index contributed by atoms with van der Waals surface area (Å²) in [5.41, 5.74) is 5.63. The summed E-state index contributed by atoms with van der Waals surface area (Å²) in [5.74, 6) is -12.7. The SMILES string of the molecule is CSCC[C@H](NC(=O)[C@H](CCC(=O)O)NC(=O)[C@H](CC(C)C)NC(=O)[C@H](CC(=O)O)NC(=O)[C@H](CC(C)C)NC(=O)[C@@H](N)CC(=O)O)C(=O)N[C@@H](CC(C)C)C(=O)N[C@@H](C)C(=O)O. The Labute approximate surface area is 370 Å². The average molecular weight is 919 g/mol. The Bertz CT molecular complexity index is 1630. The summed E-state index contributed by atoms with van der Waals surface area (Å²) in [5, 5.41) is 54.1. The van der Waals surface area contributed by atoms with Gasteiger partial charge in [-0.05, 0) is 68.8 Å². The first-order valence-corrected chi connectivity index (χ1v) is 21.8. The van der Waals surface area contributed by atoms with Gasteiger partial charge in [0.1, 0.15) is 42.3 Å². The Morgan fingerprint density at radius 3 is 1.14 bits per heavy atom. The van der Waals surface area contributed by atoms with E-state index in [9.17, 15) is 68.1 Å². The van der Waals surface area contributed by atoms with Crippen molar-refractivity contribution in [3.8, 4) is 0 Å². The third kappa shape index (κ3) is 24.1. The number of carbonyl (C=O) groups is 11. The van der Waals surface area contributed by atoms with Gasteiger partial charge in [0.25, 0.3) is 0 Å². The van der Waals surface area contributed by atoms with Crippen LogP contribution < -0.4 is 43.0 Å². The van der Waals surface area contributed by atoms with Crippen LogP contribution in [0.3, 0.4) is 0 Å². The molecule has 63 heavy (non-hydrogen) atoms. The van der Waals surface area contributed by atoms with Crippen molar-refractivity contribution in [2.45, 2.75) is 148 Å². The van der Waals surface area contributed by atoms with Crippen LogP contribution in [0, 0.1) is 17.8 Å². The number of nitrogens with two attached hydrogens (primary N) is 1. The Kier molecular flexibility index (Phi) is 26.4. The molecule has 0 unspecified atom stereocenters. The van der Waals surface area contributed by atoms with E-state index in [1.165, 1.54) is 18.7 Å². The molecule has 0 rings (SSSR count). The molecule has 0 aliphatic carbocycles. The monoisotopic (exact) mass is 918 g/mol. The van der Waals surface area contributed by atoms with Crippen molar-refractivity contribution < 1.29 is 73.2 Å². The molecule has 24 heteroatoms. The lowest BCUT2D eigenvalue weighted by molar-refractivity contribution is -0.142. The zero-order chi connectivity index (χ0) is 48.7. The first-order chi connectivity index (χ1) is 29.2. The predicted molar refractivity (Wildman–Crippen MR) is 228 cm³/mol. The molecule has 0 aromatic heterocycles. The summed E-state index contributed by atoms with van der Waals surface area (Å²) in [4.78, 5) is 140. The highest BCUT2D eigenvalue weighted by atomic mass is 32.2. The molecule has 0 aliphatic rings. The molecule has 8 atom stereocenters. The minimum absolute atomic E-state index is 0.0133. The second kappa shape index (κ2) is 29.0. The number of carboxylic acid groups (broad SMARTS) is 4. The fourth-order valence-corrected chi connectivity index (χ4v) is 6.30. The summed E-state index contributed by atoms with van der Waals surface area (Å²) < 4.78 is 0. The maximum atomic E-state index is 13.9. The molecule has 13 N–H and O–H groups in total. The van der Waals surface area contributed by atoms with Gasteiger partial charge in [-0.1, -0.05) is 41.5 Å². The molecule has 0 aromatic carbocycles. The smallest absolute Gasteiger partial charge is 0.325 e. The molecule has 358 valence electrons. The summed E-state index contributed by atoms with van der Waals surface area (Å²) in [6, 6.07) is -11.7. The van der Waals surface area contributed by atoms with Crippen molar-refractivity contribution in [3.63, 3.8) is 0 Å². The highest BCUT2D eigenvalue weighted by Gasteiger charge is 2.35. The zero-order valence-corrected chi connectivity index (χ0v) is 37.8. The van der Waals surface area contributed by atoms with Gasteiger partial charge in [-0.25, -0.2) is 0 Å². The Morgan fingerprint density at radius 1 is 0.444 bits per heavy atom. The molecule has 23 nitrogen and oxygen atoms in total. The number of amides is 7. The van der Waals surface area contributed by atoms with Gasteiger partial charge in [-0.15, -0.1) is 0 Å². The number of rotatable bonds is 31. The van der Waals surface area contributed by atoms with Gasteiger partial charge in [-0.3, -0.25) is 52.7 Å². The van der Waals surface area contributed by atoms with E-state index >= 15 is 0 Å². The van der Waals surface area contributed by atoms with Gasteiger partial charge in [0.15, 0.2) is 0 Å². The minimum Gasteiger partial charge on any atom is -0.481 e. The number of carboxylic acids is 4. The topological polar surface area (TPSA) is 379 Å². The van der Waals surface area contributed by atoms with Crippen LogP contribution in [0.15, 0.2) is 0 Å². The lowest BCUT2D eigenvalue weighted by atomic mass is 10.00. The molecule has 0 aromatic rings. The maximum absolute atomic E-state index is 13.9. The number of hydrogen-bond acceptors (Lipinski definition) is 13. The Morgan fingerprint density at radius 2 is 0.778 bits per heavy atom. The average Bonchev–Trinajstić information content (AvgIpc) is 3.15. The molecule has 0 bridgehead atoms. The van der Waals surface area contributed by atoms with E-state index in [0.29, 0.717) is 5.75 Å². The fourth-order valence-electron chi connectivity index (χ4n) is 5.83. The second-order valence-electron chi connectivity index (χ2n) is 16.3. The maximum Gasteiger partial charge on any atom is 0.325 e. The minimum atomic E-state index is -1.83. The van der Waals surface area contributed by atoms with Gasteiger partial charge in [0.05, 0.1) is 18.9 Å². The third-order valence-corrected chi connectivity index (χ3v) is 9.66. The van der Waals surface area contributed by atoms with Crippen LogP contribution in [0.2, 0.25) is 0 Å². The number of carbonyl (C=O) groups excluding carboxylic acids is 7. The normalized spacial score (nSPS) is 15.0. The number of nitrogens with one attached hydrogen (secondary N) is 7. The molecule has 0 fully saturated rings. The number of aliphatic carboxylic acids is 4. The lowest BCUT2D eigenvalue weighted by Crippen LogP contribution is -2.60. The number of thioether (sulfide) groups is 1. The zero-order valence-electron chi connectivity index (χ0n) is 37.0. The van der Waals surface area contributed by atoms with Crippen LogP contribution in [0.4, 0.5) is 0 Å². The predicted octanol–water partition coefficient (Wildman–Crippen LogP) is -1.48. The van der Waals surface area contributed by atoms with Gasteiger partial charge in [0.2, 0.25) is 41.4 Å². The summed E-state index contributed by atoms with van der Waals surface area (Å²) in [6.07, 6.45) is -1.17. The lowest BCUT2D eigenvalue weighted by Gasteiger charge is -2.28. The van der Waals surface area contributed by atoms with Gasteiger partial charge >= 0.3 is 23.9 Å². The van der Waals surface area contributed by atoms with E-state index < -0.39 is 139 Å². The van der Waals surface area contributed by atoms with Crippen molar-refractivity contribution in [3.05, 3.63) is 0 Å². The molecule has 0 saturated carbocycles. The van der Waals surface area contributed by atoms with E-state index in [1.807, 2.05) is 0 Å². The van der Waals surface area contributed by atoms with E-state index in [1.54, 1.807) is 47.8 Å². The second-order valence-corrected chi connectivity index (χ2v) is 17.3. The van der Waals surface area contributed by atoms with E-state index in [0.717, 1.165) is 0 Å². The van der Waals surface area contributed by atoms with Gasteiger partial charge < -0.3 is 63.4 Å². The summed E-state index contributed by atoms with van der Waals surface area (Å²) in [7, 11) is 0. The molecular formula is C39H66N8O15S.